The molecule has 1 aliphatic heterocycles. The van der Waals surface area contributed by atoms with E-state index >= 15 is 0 Å². The number of ether oxygens (including phenoxy) is 2. The summed E-state index contributed by atoms with van der Waals surface area (Å²) in [5.41, 5.74) is 5.80. The molecule has 0 N–H and O–H groups in total. The van der Waals surface area contributed by atoms with Crippen molar-refractivity contribution in [3.8, 4) is 17.2 Å². The lowest BCUT2D eigenvalue weighted by atomic mass is 9.64. The minimum absolute atomic E-state index is 0.0546. The molecule has 2 aromatic carbocycles. The lowest BCUT2D eigenvalue weighted by molar-refractivity contribution is 0.0336. The van der Waals surface area contributed by atoms with Crippen molar-refractivity contribution in [2.75, 3.05) is 26.3 Å². The van der Waals surface area contributed by atoms with Gasteiger partial charge in [0.05, 0.1) is 24.6 Å². The van der Waals surface area contributed by atoms with E-state index in [1.165, 1.54) is 36.8 Å². The SMILES string of the molecule is c1ccc(COc2ccc([C@@]3(c4ccc(-c5nc(CN6CCOCC6)co5)cc4)C[C@@H]4CC[C@H]3C4)cc2)nc1. The molecule has 2 saturated carbocycles. The van der Waals surface area contributed by atoms with Crippen LogP contribution in [0.4, 0.5) is 0 Å². The Morgan fingerprint density at radius 2 is 1.69 bits per heavy atom. The van der Waals surface area contributed by atoms with Crippen LogP contribution >= 0.6 is 0 Å². The number of hydrogen-bond donors (Lipinski definition) is 0. The largest absolute Gasteiger partial charge is 0.487 e. The first-order valence-electron chi connectivity index (χ1n) is 14.2. The molecular formula is C33H35N3O3. The predicted molar refractivity (Wildman–Crippen MR) is 149 cm³/mol. The molecule has 3 fully saturated rings. The van der Waals surface area contributed by atoms with E-state index in [0.717, 1.165) is 61.5 Å². The Balaban J connectivity index is 1.11. The number of hydrogen-bond acceptors (Lipinski definition) is 6. The quantitative estimate of drug-likeness (QED) is 0.273. The number of nitrogens with zero attached hydrogens (tertiary/aromatic N) is 3. The van der Waals surface area contributed by atoms with Crippen molar-refractivity contribution in [1.82, 2.24) is 14.9 Å². The zero-order chi connectivity index (χ0) is 26.1. The summed E-state index contributed by atoms with van der Waals surface area (Å²) in [5.74, 6) is 3.07. The minimum atomic E-state index is 0.0546. The smallest absolute Gasteiger partial charge is 0.226 e. The van der Waals surface area contributed by atoms with E-state index in [1.807, 2.05) is 18.2 Å². The molecular weight excluding hydrogens is 486 g/mol. The second kappa shape index (κ2) is 10.6. The molecule has 3 aliphatic rings. The number of rotatable bonds is 8. The summed E-state index contributed by atoms with van der Waals surface area (Å²) in [6.07, 6.45) is 8.80. The molecule has 0 amide bonds. The van der Waals surface area contributed by atoms with Gasteiger partial charge in [0, 0.05) is 36.8 Å². The number of morpholine rings is 1. The maximum atomic E-state index is 6.04. The maximum absolute atomic E-state index is 6.04. The minimum Gasteiger partial charge on any atom is -0.487 e. The van der Waals surface area contributed by atoms with Gasteiger partial charge in [-0.3, -0.25) is 9.88 Å². The summed E-state index contributed by atoms with van der Waals surface area (Å²) < 4.78 is 17.4. The van der Waals surface area contributed by atoms with Crippen LogP contribution < -0.4 is 4.74 Å². The molecule has 0 spiro atoms. The standard InChI is InChI=1S/C33H35N3O3/c1-2-14-34-29(3-1)22-38-31-12-10-27(11-13-31)33(20-24-4-7-28(33)19-24)26-8-5-25(6-9-26)32-35-30(23-39-32)21-36-15-17-37-18-16-36/h1-3,5-6,8-14,23-24,28H,4,7,15-22H2/t24-,28+,33+/m1/s1. The Hall–Kier alpha value is -3.48. The van der Waals surface area contributed by atoms with E-state index in [0.29, 0.717) is 18.4 Å². The first-order valence-corrected chi connectivity index (χ1v) is 14.2. The van der Waals surface area contributed by atoms with Gasteiger partial charge in [-0.2, -0.15) is 0 Å². The number of fused-ring (bicyclic) bond motifs is 2. The number of oxazole rings is 1. The zero-order valence-electron chi connectivity index (χ0n) is 22.3. The van der Waals surface area contributed by atoms with E-state index in [-0.39, 0.29) is 5.41 Å². The Labute approximate surface area is 230 Å². The molecule has 1 saturated heterocycles. The average molecular weight is 522 g/mol. The summed E-state index contributed by atoms with van der Waals surface area (Å²) in [4.78, 5) is 11.5. The summed E-state index contributed by atoms with van der Waals surface area (Å²) in [6.45, 7) is 4.75. The first kappa shape index (κ1) is 24.6. The third-order valence-corrected chi connectivity index (χ3v) is 9.02. The number of pyridine rings is 1. The van der Waals surface area contributed by atoms with E-state index in [1.54, 1.807) is 12.5 Å². The van der Waals surface area contributed by atoms with E-state index in [2.05, 4.69) is 58.4 Å². The summed E-state index contributed by atoms with van der Waals surface area (Å²) in [5, 5.41) is 0. The van der Waals surface area contributed by atoms with Crippen LogP contribution in [0.1, 0.15) is 48.2 Å². The molecule has 3 heterocycles. The molecule has 39 heavy (non-hydrogen) atoms. The van der Waals surface area contributed by atoms with Gasteiger partial charge < -0.3 is 13.9 Å². The highest BCUT2D eigenvalue weighted by Gasteiger charge is 2.52. The summed E-state index contributed by atoms with van der Waals surface area (Å²) in [6, 6.07) is 23.7. The fraction of sp³-hybridized carbons (Fsp3) is 0.394. The van der Waals surface area contributed by atoms with Crippen LogP contribution in [-0.2, 0) is 23.3 Å². The highest BCUT2D eigenvalue weighted by atomic mass is 16.5. The average Bonchev–Trinajstić information content (AvgIpc) is 3.75. The van der Waals surface area contributed by atoms with Crippen molar-refractivity contribution in [2.45, 2.75) is 44.2 Å². The second-order valence-corrected chi connectivity index (χ2v) is 11.3. The Morgan fingerprint density at radius 1 is 0.897 bits per heavy atom. The third-order valence-electron chi connectivity index (χ3n) is 9.02. The maximum Gasteiger partial charge on any atom is 0.226 e. The molecule has 6 nitrogen and oxygen atoms in total. The van der Waals surface area contributed by atoms with E-state index in [4.69, 9.17) is 18.9 Å². The van der Waals surface area contributed by atoms with Gasteiger partial charge in [-0.05, 0) is 78.6 Å². The van der Waals surface area contributed by atoms with Gasteiger partial charge in [-0.25, -0.2) is 4.98 Å². The van der Waals surface area contributed by atoms with Crippen molar-refractivity contribution in [3.05, 3.63) is 102 Å². The summed E-state index contributed by atoms with van der Waals surface area (Å²) in [7, 11) is 0. The lowest BCUT2D eigenvalue weighted by Crippen LogP contribution is -2.35. The van der Waals surface area contributed by atoms with Crippen molar-refractivity contribution in [1.29, 1.82) is 0 Å². The van der Waals surface area contributed by atoms with Crippen LogP contribution in [0.15, 0.2) is 83.6 Å². The molecule has 0 unspecified atom stereocenters. The third kappa shape index (κ3) is 4.88. The van der Waals surface area contributed by atoms with Crippen LogP contribution in [0.3, 0.4) is 0 Å². The topological polar surface area (TPSA) is 60.6 Å². The Morgan fingerprint density at radius 3 is 2.38 bits per heavy atom. The van der Waals surface area contributed by atoms with Gasteiger partial charge in [0.2, 0.25) is 5.89 Å². The number of aromatic nitrogens is 2. The normalized spacial score (nSPS) is 24.7. The van der Waals surface area contributed by atoms with Crippen molar-refractivity contribution >= 4 is 0 Å². The zero-order valence-corrected chi connectivity index (χ0v) is 22.3. The number of benzene rings is 2. The van der Waals surface area contributed by atoms with E-state index in [9.17, 15) is 0 Å². The van der Waals surface area contributed by atoms with Crippen LogP contribution in [-0.4, -0.2) is 41.2 Å². The first-order chi connectivity index (χ1) is 19.3. The van der Waals surface area contributed by atoms with Crippen LogP contribution in [0.25, 0.3) is 11.5 Å². The van der Waals surface area contributed by atoms with Crippen LogP contribution in [0, 0.1) is 11.8 Å². The molecule has 0 radical (unpaired) electrons. The molecule has 200 valence electrons. The Bertz CT molecular complexity index is 1380. The molecule has 7 rings (SSSR count). The van der Waals surface area contributed by atoms with Gasteiger partial charge in [0.25, 0.3) is 0 Å². The van der Waals surface area contributed by atoms with Crippen molar-refractivity contribution in [3.63, 3.8) is 0 Å². The van der Waals surface area contributed by atoms with E-state index < -0.39 is 0 Å². The highest BCUT2D eigenvalue weighted by Crippen LogP contribution is 2.60. The van der Waals surface area contributed by atoms with Gasteiger partial charge in [0.1, 0.15) is 18.6 Å². The van der Waals surface area contributed by atoms with Crippen molar-refractivity contribution < 1.29 is 13.9 Å². The molecule has 2 aromatic heterocycles. The molecule has 4 aromatic rings. The monoisotopic (exact) mass is 521 g/mol. The lowest BCUT2D eigenvalue weighted by Gasteiger charge is -2.39. The fourth-order valence-corrected chi connectivity index (χ4v) is 7.10. The van der Waals surface area contributed by atoms with Crippen LogP contribution in [0.5, 0.6) is 5.75 Å². The van der Waals surface area contributed by atoms with Gasteiger partial charge >= 0.3 is 0 Å². The molecule has 2 bridgehead atoms. The second-order valence-electron chi connectivity index (χ2n) is 11.3. The Kier molecular flexibility index (Phi) is 6.67. The molecule has 2 aliphatic carbocycles. The van der Waals surface area contributed by atoms with Crippen LogP contribution in [0.2, 0.25) is 0 Å². The molecule has 6 heteroatoms. The van der Waals surface area contributed by atoms with Gasteiger partial charge in [0.15, 0.2) is 0 Å². The fourth-order valence-electron chi connectivity index (χ4n) is 7.10. The summed E-state index contributed by atoms with van der Waals surface area (Å²) >= 11 is 0. The predicted octanol–water partition coefficient (Wildman–Crippen LogP) is 6.25. The highest BCUT2D eigenvalue weighted by molar-refractivity contribution is 5.56. The van der Waals surface area contributed by atoms with Crippen molar-refractivity contribution in [2.24, 2.45) is 11.8 Å². The van der Waals surface area contributed by atoms with Gasteiger partial charge in [-0.15, -0.1) is 0 Å². The van der Waals surface area contributed by atoms with Gasteiger partial charge in [-0.1, -0.05) is 36.8 Å². The molecule has 3 atom stereocenters.